The predicted octanol–water partition coefficient (Wildman–Crippen LogP) is 4.06. The van der Waals surface area contributed by atoms with Gasteiger partial charge in [0.2, 0.25) is 5.91 Å². The number of rotatable bonds is 8. The van der Waals surface area contributed by atoms with Crippen molar-refractivity contribution in [2.75, 3.05) is 37.0 Å². The maximum absolute atomic E-state index is 15.0. The molecule has 32 heavy (non-hydrogen) atoms. The Morgan fingerprint density at radius 3 is 2.47 bits per heavy atom. The second-order valence-corrected chi connectivity index (χ2v) is 8.11. The fourth-order valence-corrected chi connectivity index (χ4v) is 4.15. The van der Waals surface area contributed by atoms with Gasteiger partial charge in [0.25, 0.3) is 0 Å². The summed E-state index contributed by atoms with van der Waals surface area (Å²) in [5.74, 6) is -0.939. The van der Waals surface area contributed by atoms with Crippen LogP contribution < -0.4 is 10.2 Å². The van der Waals surface area contributed by atoms with Crippen LogP contribution in [0.2, 0.25) is 0 Å². The number of piperazine rings is 1. The molecule has 1 aliphatic rings. The number of nitrogens with zero attached hydrogens (tertiary/aromatic N) is 2. The van der Waals surface area contributed by atoms with Crippen molar-refractivity contribution in [2.45, 2.75) is 39.3 Å². The molecule has 1 unspecified atom stereocenters. The standard InChI is InChI=1S/C25H32FN3O3/c1-4-19(5-2)24(30)27-20-11-12-22(21(26)15-20)29-14-13-28(23(17-29)25(31)32-3)16-18-9-7-6-8-10-18/h6-12,15,19,23H,4-5,13-14,16-17H2,1-3H3,(H,27,30). The Bertz CT molecular complexity index is 918. The molecule has 1 atom stereocenters. The lowest BCUT2D eigenvalue weighted by atomic mass is 10.0. The van der Waals surface area contributed by atoms with Gasteiger partial charge in [-0.05, 0) is 36.6 Å². The van der Waals surface area contributed by atoms with Gasteiger partial charge in [-0.2, -0.15) is 0 Å². The summed E-state index contributed by atoms with van der Waals surface area (Å²) in [7, 11) is 1.37. The smallest absolute Gasteiger partial charge is 0.324 e. The Balaban J connectivity index is 1.72. The number of methoxy groups -OCH3 is 1. The summed E-state index contributed by atoms with van der Waals surface area (Å²) in [6.45, 7) is 6.06. The summed E-state index contributed by atoms with van der Waals surface area (Å²) < 4.78 is 20.0. The molecule has 7 heteroatoms. The Kier molecular flexibility index (Phi) is 8.22. The second-order valence-electron chi connectivity index (χ2n) is 8.11. The van der Waals surface area contributed by atoms with Crippen LogP contribution in [0.5, 0.6) is 0 Å². The number of halogens is 1. The maximum atomic E-state index is 15.0. The highest BCUT2D eigenvalue weighted by Crippen LogP contribution is 2.27. The fraction of sp³-hybridized carbons (Fsp3) is 0.440. The second kappa shape index (κ2) is 11.1. The molecule has 2 aromatic rings. The van der Waals surface area contributed by atoms with Crippen LogP contribution in [0.25, 0.3) is 0 Å². The monoisotopic (exact) mass is 441 g/mol. The molecule has 1 saturated heterocycles. The van der Waals surface area contributed by atoms with Gasteiger partial charge in [0.05, 0.1) is 12.8 Å². The molecule has 1 heterocycles. The zero-order valence-electron chi connectivity index (χ0n) is 19.0. The summed E-state index contributed by atoms with van der Waals surface area (Å²) in [4.78, 5) is 28.7. The molecule has 3 rings (SSSR count). The molecule has 1 N–H and O–H groups in total. The zero-order valence-corrected chi connectivity index (χ0v) is 19.0. The quantitative estimate of drug-likeness (QED) is 0.626. The van der Waals surface area contributed by atoms with Gasteiger partial charge in [-0.1, -0.05) is 44.2 Å². The van der Waals surface area contributed by atoms with Crippen LogP contribution in [0.4, 0.5) is 15.8 Å². The van der Waals surface area contributed by atoms with Crippen molar-refractivity contribution in [3.05, 3.63) is 59.9 Å². The number of benzene rings is 2. The van der Waals surface area contributed by atoms with E-state index in [9.17, 15) is 14.0 Å². The van der Waals surface area contributed by atoms with E-state index in [1.54, 1.807) is 12.1 Å². The predicted molar refractivity (Wildman–Crippen MR) is 124 cm³/mol. The number of ether oxygens (including phenoxy) is 1. The number of hydrogen-bond acceptors (Lipinski definition) is 5. The Morgan fingerprint density at radius 1 is 1.12 bits per heavy atom. The molecule has 0 spiro atoms. The molecule has 0 bridgehead atoms. The zero-order chi connectivity index (χ0) is 23.1. The Morgan fingerprint density at radius 2 is 1.84 bits per heavy atom. The summed E-state index contributed by atoms with van der Waals surface area (Å²) >= 11 is 0. The topological polar surface area (TPSA) is 61.9 Å². The summed E-state index contributed by atoms with van der Waals surface area (Å²) in [6, 6.07) is 14.2. The van der Waals surface area contributed by atoms with E-state index < -0.39 is 11.9 Å². The fourth-order valence-electron chi connectivity index (χ4n) is 4.15. The minimum Gasteiger partial charge on any atom is -0.468 e. The lowest BCUT2D eigenvalue weighted by Gasteiger charge is -2.41. The number of nitrogens with one attached hydrogen (secondary N) is 1. The van der Waals surface area contributed by atoms with E-state index in [0.29, 0.717) is 37.6 Å². The Hall–Kier alpha value is -2.93. The van der Waals surface area contributed by atoms with Gasteiger partial charge in [-0.3, -0.25) is 14.5 Å². The van der Waals surface area contributed by atoms with Crippen molar-refractivity contribution in [1.29, 1.82) is 0 Å². The molecule has 1 fully saturated rings. The van der Waals surface area contributed by atoms with Gasteiger partial charge in [0.1, 0.15) is 11.9 Å². The number of hydrogen-bond donors (Lipinski definition) is 1. The summed E-state index contributed by atoms with van der Waals surface area (Å²) in [5.41, 5.74) is 1.97. The molecule has 0 saturated carbocycles. The van der Waals surface area contributed by atoms with Crippen molar-refractivity contribution in [3.63, 3.8) is 0 Å². The molecule has 2 aromatic carbocycles. The van der Waals surface area contributed by atoms with Gasteiger partial charge in [0.15, 0.2) is 0 Å². The first-order valence-corrected chi connectivity index (χ1v) is 11.2. The summed E-state index contributed by atoms with van der Waals surface area (Å²) in [5, 5.41) is 2.81. The molecule has 0 aromatic heterocycles. The lowest BCUT2D eigenvalue weighted by Crippen LogP contribution is -2.56. The molecule has 0 aliphatic carbocycles. The summed E-state index contributed by atoms with van der Waals surface area (Å²) in [6.07, 6.45) is 1.48. The average Bonchev–Trinajstić information content (AvgIpc) is 2.80. The number of amides is 1. The third kappa shape index (κ3) is 5.65. The number of carbonyl (C=O) groups is 2. The van der Waals surface area contributed by atoms with E-state index in [1.807, 2.05) is 49.1 Å². The van der Waals surface area contributed by atoms with Crippen LogP contribution in [-0.4, -0.2) is 49.6 Å². The highest BCUT2D eigenvalue weighted by molar-refractivity contribution is 5.92. The van der Waals surface area contributed by atoms with Gasteiger partial charge < -0.3 is 15.0 Å². The third-order valence-corrected chi connectivity index (χ3v) is 6.11. The van der Waals surface area contributed by atoms with Crippen molar-refractivity contribution < 1.29 is 18.7 Å². The highest BCUT2D eigenvalue weighted by Gasteiger charge is 2.34. The molecule has 6 nitrogen and oxygen atoms in total. The molecule has 1 amide bonds. The molecule has 1 aliphatic heterocycles. The first kappa shape index (κ1) is 23.7. The highest BCUT2D eigenvalue weighted by atomic mass is 19.1. The number of anilines is 2. The van der Waals surface area contributed by atoms with Gasteiger partial charge in [-0.25, -0.2) is 4.39 Å². The maximum Gasteiger partial charge on any atom is 0.324 e. The number of carbonyl (C=O) groups excluding carboxylic acids is 2. The first-order chi connectivity index (χ1) is 15.5. The van der Waals surface area contributed by atoms with Crippen molar-refractivity contribution in [1.82, 2.24) is 4.90 Å². The average molecular weight is 442 g/mol. The van der Waals surface area contributed by atoms with Crippen LogP contribution in [0.1, 0.15) is 32.3 Å². The van der Waals surface area contributed by atoms with E-state index in [2.05, 4.69) is 10.2 Å². The lowest BCUT2D eigenvalue weighted by molar-refractivity contribution is -0.147. The normalized spacial score (nSPS) is 16.8. The molecular formula is C25H32FN3O3. The van der Waals surface area contributed by atoms with Crippen molar-refractivity contribution in [2.24, 2.45) is 5.92 Å². The van der Waals surface area contributed by atoms with Crippen LogP contribution in [0.15, 0.2) is 48.5 Å². The number of esters is 1. The van der Waals surface area contributed by atoms with Crippen LogP contribution >= 0.6 is 0 Å². The minimum atomic E-state index is -0.498. The molecular weight excluding hydrogens is 409 g/mol. The van der Waals surface area contributed by atoms with Gasteiger partial charge >= 0.3 is 5.97 Å². The Labute approximate surface area is 189 Å². The van der Waals surface area contributed by atoms with E-state index in [4.69, 9.17) is 4.74 Å². The van der Waals surface area contributed by atoms with Crippen LogP contribution in [0.3, 0.4) is 0 Å². The third-order valence-electron chi connectivity index (χ3n) is 6.11. The van der Waals surface area contributed by atoms with E-state index in [0.717, 1.165) is 18.4 Å². The van der Waals surface area contributed by atoms with Crippen LogP contribution in [0, 0.1) is 11.7 Å². The van der Waals surface area contributed by atoms with Gasteiger partial charge in [-0.15, -0.1) is 0 Å². The van der Waals surface area contributed by atoms with Crippen molar-refractivity contribution >= 4 is 23.3 Å². The van der Waals surface area contributed by atoms with E-state index in [1.165, 1.54) is 13.2 Å². The van der Waals surface area contributed by atoms with Gasteiger partial charge in [0, 0.05) is 37.8 Å². The molecule has 0 radical (unpaired) electrons. The SMILES string of the molecule is CCC(CC)C(=O)Nc1ccc(N2CCN(Cc3ccccc3)C(C(=O)OC)C2)c(F)c1. The van der Waals surface area contributed by atoms with Crippen LogP contribution in [-0.2, 0) is 20.9 Å². The van der Waals surface area contributed by atoms with E-state index in [-0.39, 0.29) is 17.8 Å². The first-order valence-electron chi connectivity index (χ1n) is 11.2. The molecule has 172 valence electrons. The minimum absolute atomic E-state index is 0.0868. The van der Waals surface area contributed by atoms with Crippen molar-refractivity contribution in [3.8, 4) is 0 Å². The van der Waals surface area contributed by atoms with E-state index >= 15 is 0 Å². The largest absolute Gasteiger partial charge is 0.468 e.